The molecule has 1 N–H and O–H groups in total. The molecule has 0 atom stereocenters. The molecule has 3 rings (SSSR count). The number of benzene rings is 1. The molecular formula is C19H20FNO4. The molecule has 0 radical (unpaired) electrons. The Hall–Kier alpha value is -2.47. The van der Waals surface area contributed by atoms with Gasteiger partial charge in [0.1, 0.15) is 11.2 Å². The van der Waals surface area contributed by atoms with E-state index in [9.17, 15) is 19.1 Å². The number of rotatable bonds is 4. The molecule has 1 aliphatic rings. The van der Waals surface area contributed by atoms with Crippen LogP contribution in [0.2, 0.25) is 0 Å². The van der Waals surface area contributed by atoms with Crippen LogP contribution in [0.3, 0.4) is 0 Å². The standard InChI is InChI=1S/C19H20FNO4/c1-13-2-4-14(5-3-13)15-10-21(11-16(17(15)22)18(23)24)12-19(20)6-8-25-9-7-19/h2-5,10-11H,6-9,12H2,1H3,(H,23,24). The van der Waals surface area contributed by atoms with Crippen molar-refractivity contribution in [3.05, 3.63) is 58.0 Å². The molecule has 0 bridgehead atoms. The first kappa shape index (κ1) is 17.4. The van der Waals surface area contributed by atoms with E-state index in [1.807, 2.05) is 19.1 Å². The Bertz CT molecular complexity index is 835. The number of carboxylic acids is 1. The molecule has 1 saturated heterocycles. The fraction of sp³-hybridized carbons (Fsp3) is 0.368. The van der Waals surface area contributed by atoms with Crippen LogP contribution in [0, 0.1) is 6.92 Å². The smallest absolute Gasteiger partial charge is 0.341 e. The maximum absolute atomic E-state index is 15.0. The molecule has 5 nitrogen and oxygen atoms in total. The van der Waals surface area contributed by atoms with Crippen molar-refractivity contribution in [3.63, 3.8) is 0 Å². The first-order valence-electron chi connectivity index (χ1n) is 8.19. The average molecular weight is 345 g/mol. The molecule has 1 aromatic heterocycles. The number of pyridine rings is 1. The van der Waals surface area contributed by atoms with E-state index < -0.39 is 17.1 Å². The molecule has 1 aromatic carbocycles. The summed E-state index contributed by atoms with van der Waals surface area (Å²) in [7, 11) is 0. The highest BCUT2D eigenvalue weighted by Crippen LogP contribution is 2.28. The van der Waals surface area contributed by atoms with E-state index >= 15 is 0 Å². The number of nitrogens with zero attached hydrogens (tertiary/aromatic N) is 1. The minimum atomic E-state index is -1.46. The third kappa shape index (κ3) is 3.79. The van der Waals surface area contributed by atoms with Gasteiger partial charge < -0.3 is 14.4 Å². The van der Waals surface area contributed by atoms with Crippen molar-refractivity contribution >= 4 is 5.97 Å². The van der Waals surface area contributed by atoms with Crippen LogP contribution in [-0.2, 0) is 11.3 Å². The van der Waals surface area contributed by atoms with Crippen molar-refractivity contribution in [2.45, 2.75) is 32.0 Å². The predicted molar refractivity (Wildman–Crippen MR) is 91.7 cm³/mol. The lowest BCUT2D eigenvalue weighted by atomic mass is 9.96. The van der Waals surface area contributed by atoms with Crippen LogP contribution in [0.5, 0.6) is 0 Å². The molecule has 0 unspecified atom stereocenters. The second-order valence-electron chi connectivity index (χ2n) is 6.52. The molecule has 132 valence electrons. The Labute approximate surface area is 144 Å². The summed E-state index contributed by atoms with van der Waals surface area (Å²) in [6.07, 6.45) is 3.26. The third-order valence-electron chi connectivity index (χ3n) is 4.53. The number of alkyl halides is 1. The first-order chi connectivity index (χ1) is 11.9. The van der Waals surface area contributed by atoms with Crippen LogP contribution < -0.4 is 5.43 Å². The second kappa shape index (κ2) is 6.80. The molecule has 2 heterocycles. The van der Waals surface area contributed by atoms with E-state index in [4.69, 9.17) is 4.74 Å². The van der Waals surface area contributed by atoms with Gasteiger partial charge in [-0.25, -0.2) is 9.18 Å². The zero-order chi connectivity index (χ0) is 18.0. The molecule has 0 saturated carbocycles. The highest BCUT2D eigenvalue weighted by molar-refractivity contribution is 5.88. The van der Waals surface area contributed by atoms with Crippen molar-refractivity contribution in [3.8, 4) is 11.1 Å². The van der Waals surface area contributed by atoms with Crippen LogP contribution in [-0.4, -0.2) is 34.5 Å². The Morgan fingerprint density at radius 1 is 1.24 bits per heavy atom. The van der Waals surface area contributed by atoms with E-state index in [0.29, 0.717) is 18.8 Å². The van der Waals surface area contributed by atoms with Gasteiger partial charge in [-0.15, -0.1) is 0 Å². The maximum atomic E-state index is 15.0. The largest absolute Gasteiger partial charge is 0.477 e. The van der Waals surface area contributed by atoms with Gasteiger partial charge in [0.2, 0.25) is 5.43 Å². The van der Waals surface area contributed by atoms with Gasteiger partial charge in [-0.1, -0.05) is 29.8 Å². The molecule has 6 heteroatoms. The van der Waals surface area contributed by atoms with Crippen molar-refractivity contribution in [2.75, 3.05) is 13.2 Å². The number of aromatic nitrogens is 1. The van der Waals surface area contributed by atoms with Crippen molar-refractivity contribution < 1.29 is 19.0 Å². The second-order valence-corrected chi connectivity index (χ2v) is 6.52. The summed E-state index contributed by atoms with van der Waals surface area (Å²) in [4.78, 5) is 24.0. The Morgan fingerprint density at radius 3 is 2.48 bits per heavy atom. The Balaban J connectivity index is 2.05. The summed E-state index contributed by atoms with van der Waals surface area (Å²) in [5.74, 6) is -1.31. The lowest BCUT2D eigenvalue weighted by molar-refractivity contribution is -0.0178. The summed E-state index contributed by atoms with van der Waals surface area (Å²) in [5.41, 5.74) is -0.472. The summed E-state index contributed by atoms with van der Waals surface area (Å²) in [6.45, 7) is 2.60. The fourth-order valence-corrected chi connectivity index (χ4v) is 3.04. The van der Waals surface area contributed by atoms with Gasteiger partial charge in [0, 0.05) is 44.0 Å². The summed E-state index contributed by atoms with van der Waals surface area (Å²) in [6, 6.07) is 7.23. The molecule has 1 fully saturated rings. The summed E-state index contributed by atoms with van der Waals surface area (Å²) >= 11 is 0. The molecule has 0 spiro atoms. The van der Waals surface area contributed by atoms with E-state index in [-0.39, 0.29) is 30.5 Å². The minimum absolute atomic E-state index is 0.00419. The predicted octanol–water partition coefficient (Wildman–Crippen LogP) is 3.04. The number of hydrogen-bond acceptors (Lipinski definition) is 3. The molecule has 25 heavy (non-hydrogen) atoms. The molecule has 0 amide bonds. The normalized spacial score (nSPS) is 16.6. The van der Waals surface area contributed by atoms with Gasteiger partial charge in [0.25, 0.3) is 0 Å². The van der Waals surface area contributed by atoms with E-state index in [2.05, 4.69) is 0 Å². The van der Waals surface area contributed by atoms with Gasteiger partial charge in [-0.3, -0.25) is 4.79 Å². The van der Waals surface area contributed by atoms with Crippen LogP contribution >= 0.6 is 0 Å². The van der Waals surface area contributed by atoms with Gasteiger partial charge in [0.05, 0.1) is 6.54 Å². The number of hydrogen-bond donors (Lipinski definition) is 1. The SMILES string of the molecule is Cc1ccc(-c2cn(CC3(F)CCOCC3)cc(C(=O)O)c2=O)cc1. The highest BCUT2D eigenvalue weighted by Gasteiger charge is 2.33. The van der Waals surface area contributed by atoms with Gasteiger partial charge in [-0.05, 0) is 12.5 Å². The number of ether oxygens (including phenoxy) is 1. The number of aromatic carboxylic acids is 1. The number of aryl methyl sites for hydroxylation is 1. The monoisotopic (exact) mass is 345 g/mol. The van der Waals surface area contributed by atoms with Crippen molar-refractivity contribution in [1.82, 2.24) is 4.57 Å². The zero-order valence-electron chi connectivity index (χ0n) is 14.0. The average Bonchev–Trinajstić information content (AvgIpc) is 2.57. The Kier molecular flexibility index (Phi) is 4.72. The zero-order valence-corrected chi connectivity index (χ0v) is 14.0. The maximum Gasteiger partial charge on any atom is 0.341 e. The van der Waals surface area contributed by atoms with Gasteiger partial charge in [0.15, 0.2) is 0 Å². The lowest BCUT2D eigenvalue weighted by Gasteiger charge is -2.30. The van der Waals surface area contributed by atoms with Crippen LogP contribution in [0.25, 0.3) is 11.1 Å². The first-order valence-corrected chi connectivity index (χ1v) is 8.19. The topological polar surface area (TPSA) is 68.5 Å². The molecule has 2 aromatic rings. The van der Waals surface area contributed by atoms with Crippen molar-refractivity contribution in [1.29, 1.82) is 0 Å². The van der Waals surface area contributed by atoms with Crippen LogP contribution in [0.1, 0.15) is 28.8 Å². The summed E-state index contributed by atoms with van der Waals surface area (Å²) < 4.78 is 21.6. The number of carbonyl (C=O) groups is 1. The van der Waals surface area contributed by atoms with Gasteiger partial charge >= 0.3 is 5.97 Å². The van der Waals surface area contributed by atoms with Crippen LogP contribution in [0.4, 0.5) is 4.39 Å². The molecule has 0 aliphatic carbocycles. The van der Waals surface area contributed by atoms with E-state index in [1.54, 1.807) is 12.1 Å². The lowest BCUT2D eigenvalue weighted by Crippen LogP contribution is -2.36. The van der Waals surface area contributed by atoms with Crippen LogP contribution in [0.15, 0.2) is 41.5 Å². The number of halogens is 1. The summed E-state index contributed by atoms with van der Waals surface area (Å²) in [5, 5.41) is 9.35. The third-order valence-corrected chi connectivity index (χ3v) is 4.53. The van der Waals surface area contributed by atoms with E-state index in [0.717, 1.165) is 5.56 Å². The molecular weight excluding hydrogens is 325 g/mol. The van der Waals surface area contributed by atoms with Crippen molar-refractivity contribution in [2.24, 2.45) is 0 Å². The molecule has 1 aliphatic heterocycles. The number of carboxylic acid groups (broad SMARTS) is 1. The van der Waals surface area contributed by atoms with E-state index in [1.165, 1.54) is 17.0 Å². The fourth-order valence-electron chi connectivity index (χ4n) is 3.04. The quantitative estimate of drug-likeness (QED) is 0.925. The highest BCUT2D eigenvalue weighted by atomic mass is 19.1. The van der Waals surface area contributed by atoms with Gasteiger partial charge in [-0.2, -0.15) is 0 Å². The Morgan fingerprint density at radius 2 is 1.88 bits per heavy atom. The minimum Gasteiger partial charge on any atom is -0.477 e.